The van der Waals surface area contributed by atoms with Gasteiger partial charge in [-0.2, -0.15) is 0 Å². The Labute approximate surface area is 141 Å². The van der Waals surface area contributed by atoms with E-state index in [1.807, 2.05) is 66.6 Å². The molecular formula is C19H23NO2S. The molecule has 4 heteroatoms. The first-order valence-electron chi connectivity index (χ1n) is 7.98. The van der Waals surface area contributed by atoms with Gasteiger partial charge in [0.2, 0.25) is 5.91 Å². The third kappa shape index (κ3) is 5.32. The fourth-order valence-electron chi connectivity index (χ4n) is 2.44. The van der Waals surface area contributed by atoms with Crippen LogP contribution >= 0.6 is 11.3 Å². The van der Waals surface area contributed by atoms with Crippen molar-refractivity contribution >= 4 is 23.0 Å². The summed E-state index contributed by atoms with van der Waals surface area (Å²) in [5.41, 5.74) is 1.13. The smallest absolute Gasteiger partial charge is 0.223 e. The van der Waals surface area contributed by atoms with E-state index in [0.717, 1.165) is 10.4 Å². The maximum absolute atomic E-state index is 12.5. The second-order valence-electron chi connectivity index (χ2n) is 5.86. The van der Waals surface area contributed by atoms with Crippen molar-refractivity contribution in [2.45, 2.75) is 45.7 Å². The number of nitrogens with zero attached hydrogens (tertiary/aromatic N) is 1. The van der Waals surface area contributed by atoms with Gasteiger partial charge in [0.1, 0.15) is 0 Å². The number of carbonyl (C=O) groups is 2. The highest BCUT2D eigenvalue weighted by atomic mass is 32.1. The summed E-state index contributed by atoms with van der Waals surface area (Å²) in [4.78, 5) is 27.1. The van der Waals surface area contributed by atoms with Gasteiger partial charge in [0.05, 0.1) is 4.88 Å². The van der Waals surface area contributed by atoms with Gasteiger partial charge in [0, 0.05) is 25.4 Å². The molecule has 0 aliphatic rings. The molecule has 23 heavy (non-hydrogen) atoms. The van der Waals surface area contributed by atoms with Crippen molar-refractivity contribution < 1.29 is 9.59 Å². The zero-order valence-corrected chi connectivity index (χ0v) is 14.5. The summed E-state index contributed by atoms with van der Waals surface area (Å²) >= 11 is 1.46. The number of rotatable bonds is 8. The van der Waals surface area contributed by atoms with E-state index in [2.05, 4.69) is 0 Å². The van der Waals surface area contributed by atoms with E-state index in [1.165, 1.54) is 11.3 Å². The second-order valence-corrected chi connectivity index (χ2v) is 6.80. The number of benzene rings is 1. The van der Waals surface area contributed by atoms with E-state index >= 15 is 0 Å². The Kier molecular flexibility index (Phi) is 6.53. The van der Waals surface area contributed by atoms with Crippen molar-refractivity contribution in [2.75, 3.05) is 0 Å². The number of ketones is 1. The van der Waals surface area contributed by atoms with Gasteiger partial charge in [0.15, 0.2) is 5.78 Å². The van der Waals surface area contributed by atoms with E-state index in [1.54, 1.807) is 0 Å². The largest absolute Gasteiger partial charge is 0.336 e. The van der Waals surface area contributed by atoms with Crippen LogP contribution in [0, 0.1) is 0 Å². The second kappa shape index (κ2) is 8.63. The summed E-state index contributed by atoms with van der Waals surface area (Å²) in [6, 6.07) is 13.9. The molecule has 0 unspecified atom stereocenters. The zero-order valence-electron chi connectivity index (χ0n) is 13.7. The molecule has 2 aromatic rings. The summed E-state index contributed by atoms with van der Waals surface area (Å²) in [5.74, 6) is 0.245. The first-order chi connectivity index (χ1) is 11.1. The SMILES string of the molecule is CC(C)N(Cc1ccccc1)C(=O)CCCC(=O)c1cccs1. The van der Waals surface area contributed by atoms with Crippen LogP contribution < -0.4 is 0 Å². The third-order valence-corrected chi connectivity index (χ3v) is 4.64. The van der Waals surface area contributed by atoms with Crippen molar-refractivity contribution in [1.82, 2.24) is 4.90 Å². The predicted octanol–water partition coefficient (Wildman–Crippen LogP) is 4.54. The molecule has 0 aliphatic carbocycles. The third-order valence-electron chi connectivity index (χ3n) is 3.73. The number of hydrogen-bond donors (Lipinski definition) is 0. The van der Waals surface area contributed by atoms with Gasteiger partial charge in [0.25, 0.3) is 0 Å². The number of hydrogen-bond acceptors (Lipinski definition) is 3. The van der Waals surface area contributed by atoms with E-state index in [-0.39, 0.29) is 17.7 Å². The summed E-state index contributed by atoms with van der Waals surface area (Å²) < 4.78 is 0. The lowest BCUT2D eigenvalue weighted by molar-refractivity contribution is -0.133. The highest BCUT2D eigenvalue weighted by molar-refractivity contribution is 7.12. The predicted molar refractivity (Wildman–Crippen MR) is 94.6 cm³/mol. The van der Waals surface area contributed by atoms with Gasteiger partial charge in [-0.1, -0.05) is 36.4 Å². The van der Waals surface area contributed by atoms with Crippen molar-refractivity contribution in [2.24, 2.45) is 0 Å². The minimum absolute atomic E-state index is 0.114. The maximum atomic E-state index is 12.5. The Bertz CT molecular complexity index is 620. The first-order valence-corrected chi connectivity index (χ1v) is 8.86. The molecule has 0 fully saturated rings. The Morgan fingerprint density at radius 1 is 1.04 bits per heavy atom. The molecule has 1 aromatic heterocycles. The molecule has 0 spiro atoms. The quantitative estimate of drug-likeness (QED) is 0.667. The molecule has 0 saturated heterocycles. The van der Waals surface area contributed by atoms with Gasteiger partial charge in [-0.3, -0.25) is 9.59 Å². The lowest BCUT2D eigenvalue weighted by Crippen LogP contribution is -2.36. The fourth-order valence-corrected chi connectivity index (χ4v) is 3.14. The Balaban J connectivity index is 1.85. The van der Waals surface area contributed by atoms with Crippen LogP contribution in [0.5, 0.6) is 0 Å². The number of Topliss-reactive ketones (excluding diaryl/α,β-unsaturated/α-hetero) is 1. The van der Waals surface area contributed by atoms with Crippen LogP contribution in [0.15, 0.2) is 47.8 Å². The molecule has 0 atom stereocenters. The molecule has 1 amide bonds. The summed E-state index contributed by atoms with van der Waals surface area (Å²) in [7, 11) is 0. The summed E-state index contributed by atoms with van der Waals surface area (Å²) in [6.45, 7) is 4.67. The molecule has 0 N–H and O–H groups in total. The monoisotopic (exact) mass is 329 g/mol. The molecule has 0 radical (unpaired) electrons. The van der Waals surface area contributed by atoms with Crippen molar-refractivity contribution in [3.05, 3.63) is 58.3 Å². The van der Waals surface area contributed by atoms with Crippen LogP contribution in [0.4, 0.5) is 0 Å². The van der Waals surface area contributed by atoms with Crippen LogP contribution in [0.1, 0.15) is 48.3 Å². The lowest BCUT2D eigenvalue weighted by atomic mass is 10.1. The number of amides is 1. The van der Waals surface area contributed by atoms with Crippen LogP contribution in [0.2, 0.25) is 0 Å². The molecule has 0 saturated carbocycles. The van der Waals surface area contributed by atoms with Crippen LogP contribution in [-0.4, -0.2) is 22.6 Å². The lowest BCUT2D eigenvalue weighted by Gasteiger charge is -2.27. The summed E-state index contributed by atoms with van der Waals surface area (Å²) in [5, 5.41) is 1.90. The molecular weight excluding hydrogens is 306 g/mol. The van der Waals surface area contributed by atoms with E-state index in [9.17, 15) is 9.59 Å². The Hall–Kier alpha value is -1.94. The normalized spacial score (nSPS) is 10.7. The van der Waals surface area contributed by atoms with Gasteiger partial charge in [-0.05, 0) is 37.3 Å². The van der Waals surface area contributed by atoms with Gasteiger partial charge in [-0.25, -0.2) is 0 Å². The average Bonchev–Trinajstić information content (AvgIpc) is 3.07. The molecule has 1 heterocycles. The fraction of sp³-hybridized carbons (Fsp3) is 0.368. The van der Waals surface area contributed by atoms with E-state index in [4.69, 9.17) is 0 Å². The Morgan fingerprint density at radius 3 is 2.39 bits per heavy atom. The molecule has 3 nitrogen and oxygen atoms in total. The minimum atomic E-state index is 0.114. The molecule has 122 valence electrons. The standard InChI is InChI=1S/C19H23NO2S/c1-15(2)20(14-16-8-4-3-5-9-16)19(22)12-6-10-17(21)18-11-7-13-23-18/h3-5,7-9,11,13,15H,6,10,12,14H2,1-2H3. The number of thiophene rings is 1. The van der Waals surface area contributed by atoms with Crippen molar-refractivity contribution in [3.63, 3.8) is 0 Å². The van der Waals surface area contributed by atoms with Crippen LogP contribution in [0.3, 0.4) is 0 Å². The zero-order chi connectivity index (χ0) is 16.7. The van der Waals surface area contributed by atoms with Gasteiger partial charge in [-0.15, -0.1) is 11.3 Å². The van der Waals surface area contributed by atoms with Crippen LogP contribution in [-0.2, 0) is 11.3 Å². The maximum Gasteiger partial charge on any atom is 0.223 e. The van der Waals surface area contributed by atoms with Crippen molar-refractivity contribution in [1.29, 1.82) is 0 Å². The van der Waals surface area contributed by atoms with E-state index in [0.29, 0.717) is 25.8 Å². The van der Waals surface area contributed by atoms with E-state index < -0.39 is 0 Å². The molecule has 2 rings (SSSR count). The average molecular weight is 329 g/mol. The van der Waals surface area contributed by atoms with Crippen molar-refractivity contribution in [3.8, 4) is 0 Å². The molecule has 1 aromatic carbocycles. The number of carbonyl (C=O) groups excluding carboxylic acids is 2. The molecule has 0 aliphatic heterocycles. The van der Waals surface area contributed by atoms with Crippen LogP contribution in [0.25, 0.3) is 0 Å². The first kappa shape index (κ1) is 17.4. The highest BCUT2D eigenvalue weighted by Gasteiger charge is 2.17. The highest BCUT2D eigenvalue weighted by Crippen LogP contribution is 2.15. The molecule has 0 bridgehead atoms. The van der Waals surface area contributed by atoms with Gasteiger partial charge < -0.3 is 4.90 Å². The van der Waals surface area contributed by atoms with Gasteiger partial charge >= 0.3 is 0 Å². The topological polar surface area (TPSA) is 37.4 Å². The summed E-state index contributed by atoms with van der Waals surface area (Å²) in [6.07, 6.45) is 1.46. The Morgan fingerprint density at radius 2 is 1.78 bits per heavy atom. The minimum Gasteiger partial charge on any atom is -0.336 e.